The van der Waals surface area contributed by atoms with E-state index in [-0.39, 0.29) is 5.41 Å². The molecule has 0 amide bonds. The van der Waals surface area contributed by atoms with Crippen LogP contribution in [0.2, 0.25) is 0 Å². The molecule has 1 aliphatic rings. The standard InChI is InChI=1S/C17H28N6O2/c1-12(2)15-19-14(24-21-15)11-23-8-6-22(7-9-23)10-13-18-16(25-20-13)17(3,4)5/h12H,6-11H2,1-5H3. The van der Waals surface area contributed by atoms with Crippen LogP contribution in [0.4, 0.5) is 0 Å². The van der Waals surface area contributed by atoms with Crippen molar-refractivity contribution in [3.8, 4) is 0 Å². The Morgan fingerprint density at radius 2 is 1.56 bits per heavy atom. The van der Waals surface area contributed by atoms with Crippen LogP contribution < -0.4 is 0 Å². The van der Waals surface area contributed by atoms with E-state index >= 15 is 0 Å². The fraction of sp³-hybridized carbons (Fsp3) is 0.765. The van der Waals surface area contributed by atoms with Gasteiger partial charge in [-0.25, -0.2) is 0 Å². The van der Waals surface area contributed by atoms with E-state index in [0.29, 0.717) is 24.2 Å². The van der Waals surface area contributed by atoms with Gasteiger partial charge in [0.2, 0.25) is 11.8 Å². The first-order chi connectivity index (χ1) is 11.8. The molecule has 1 aliphatic heterocycles. The molecule has 0 aromatic carbocycles. The van der Waals surface area contributed by atoms with Crippen molar-refractivity contribution in [2.45, 2.75) is 59.0 Å². The first-order valence-corrected chi connectivity index (χ1v) is 8.91. The number of rotatable bonds is 5. The summed E-state index contributed by atoms with van der Waals surface area (Å²) in [4.78, 5) is 13.7. The van der Waals surface area contributed by atoms with E-state index in [0.717, 1.165) is 44.4 Å². The van der Waals surface area contributed by atoms with Gasteiger partial charge in [-0.3, -0.25) is 9.80 Å². The molecule has 0 unspecified atom stereocenters. The van der Waals surface area contributed by atoms with E-state index in [2.05, 4.69) is 64.7 Å². The molecule has 0 aliphatic carbocycles. The normalized spacial score (nSPS) is 17.5. The number of piperazine rings is 1. The molecule has 0 radical (unpaired) electrons. The quantitative estimate of drug-likeness (QED) is 0.813. The fourth-order valence-electron chi connectivity index (χ4n) is 2.69. The van der Waals surface area contributed by atoms with Crippen molar-refractivity contribution in [1.82, 2.24) is 30.1 Å². The highest BCUT2D eigenvalue weighted by molar-refractivity contribution is 4.98. The zero-order chi connectivity index (χ0) is 18.0. The maximum Gasteiger partial charge on any atom is 0.240 e. The summed E-state index contributed by atoms with van der Waals surface area (Å²) in [6, 6.07) is 0. The second-order valence-electron chi connectivity index (χ2n) is 8.02. The summed E-state index contributed by atoms with van der Waals surface area (Å²) in [5.41, 5.74) is -0.108. The van der Waals surface area contributed by atoms with Crippen molar-refractivity contribution in [1.29, 1.82) is 0 Å². The highest BCUT2D eigenvalue weighted by atomic mass is 16.5. The zero-order valence-electron chi connectivity index (χ0n) is 15.8. The van der Waals surface area contributed by atoms with Gasteiger partial charge in [0.25, 0.3) is 0 Å². The fourth-order valence-corrected chi connectivity index (χ4v) is 2.69. The monoisotopic (exact) mass is 348 g/mol. The SMILES string of the molecule is CC(C)c1noc(CN2CCN(Cc3noc(C(C)(C)C)n3)CC2)n1. The summed E-state index contributed by atoms with van der Waals surface area (Å²) < 4.78 is 10.7. The predicted molar refractivity (Wildman–Crippen MR) is 91.9 cm³/mol. The number of aromatic nitrogens is 4. The Balaban J connectivity index is 1.47. The van der Waals surface area contributed by atoms with Crippen LogP contribution in [0.15, 0.2) is 9.05 Å². The summed E-state index contributed by atoms with van der Waals surface area (Å²) in [5, 5.41) is 8.13. The average molecular weight is 348 g/mol. The van der Waals surface area contributed by atoms with Crippen LogP contribution in [0.5, 0.6) is 0 Å². The van der Waals surface area contributed by atoms with Crippen molar-refractivity contribution < 1.29 is 9.05 Å². The second-order valence-corrected chi connectivity index (χ2v) is 8.02. The van der Waals surface area contributed by atoms with Crippen LogP contribution >= 0.6 is 0 Å². The smallest absolute Gasteiger partial charge is 0.240 e. The van der Waals surface area contributed by atoms with Crippen LogP contribution in [0.25, 0.3) is 0 Å². The van der Waals surface area contributed by atoms with Crippen LogP contribution in [0.1, 0.15) is 64.0 Å². The molecule has 1 saturated heterocycles. The summed E-state index contributed by atoms with van der Waals surface area (Å²) in [6.45, 7) is 15.6. The molecular weight excluding hydrogens is 320 g/mol. The van der Waals surface area contributed by atoms with Gasteiger partial charge in [-0.05, 0) is 0 Å². The molecule has 0 saturated carbocycles. The molecule has 0 bridgehead atoms. The molecule has 8 nitrogen and oxygen atoms in total. The van der Waals surface area contributed by atoms with Gasteiger partial charge in [-0.15, -0.1) is 0 Å². The summed E-state index contributed by atoms with van der Waals surface area (Å²) in [6.07, 6.45) is 0. The van der Waals surface area contributed by atoms with Crippen molar-refractivity contribution in [2.75, 3.05) is 26.2 Å². The molecule has 0 atom stereocenters. The lowest BCUT2D eigenvalue weighted by atomic mass is 9.97. The Morgan fingerprint density at radius 3 is 2.08 bits per heavy atom. The molecule has 2 aromatic heterocycles. The van der Waals surface area contributed by atoms with E-state index in [4.69, 9.17) is 9.05 Å². The van der Waals surface area contributed by atoms with E-state index in [1.54, 1.807) is 0 Å². The van der Waals surface area contributed by atoms with Crippen LogP contribution in [0, 0.1) is 0 Å². The topological polar surface area (TPSA) is 84.3 Å². The van der Waals surface area contributed by atoms with E-state index in [1.807, 2.05) is 0 Å². The summed E-state index contributed by atoms with van der Waals surface area (Å²) in [7, 11) is 0. The third kappa shape index (κ3) is 4.64. The third-order valence-corrected chi connectivity index (χ3v) is 4.30. The maximum absolute atomic E-state index is 5.37. The molecular formula is C17H28N6O2. The summed E-state index contributed by atoms with van der Waals surface area (Å²) >= 11 is 0. The predicted octanol–water partition coefficient (Wildman–Crippen LogP) is 2.19. The van der Waals surface area contributed by atoms with Gasteiger partial charge in [0, 0.05) is 37.5 Å². The first-order valence-electron chi connectivity index (χ1n) is 8.91. The number of nitrogens with zero attached hydrogens (tertiary/aromatic N) is 6. The molecule has 2 aromatic rings. The van der Waals surface area contributed by atoms with Crippen LogP contribution in [-0.2, 0) is 18.5 Å². The van der Waals surface area contributed by atoms with Gasteiger partial charge < -0.3 is 9.05 Å². The minimum absolute atomic E-state index is 0.108. The van der Waals surface area contributed by atoms with E-state index in [1.165, 1.54) is 0 Å². The molecule has 0 spiro atoms. The molecule has 3 heterocycles. The van der Waals surface area contributed by atoms with Gasteiger partial charge in [0.1, 0.15) is 0 Å². The second kappa shape index (κ2) is 7.21. The Bertz CT molecular complexity index is 679. The summed E-state index contributed by atoms with van der Waals surface area (Å²) in [5.74, 6) is 3.23. The van der Waals surface area contributed by atoms with Crippen LogP contribution in [0.3, 0.4) is 0 Å². The zero-order valence-corrected chi connectivity index (χ0v) is 15.8. The van der Waals surface area contributed by atoms with Crippen molar-refractivity contribution in [3.63, 3.8) is 0 Å². The van der Waals surface area contributed by atoms with E-state index < -0.39 is 0 Å². The maximum atomic E-state index is 5.37. The lowest BCUT2D eigenvalue weighted by molar-refractivity contribution is 0.109. The Hall–Kier alpha value is -1.80. The van der Waals surface area contributed by atoms with Crippen molar-refractivity contribution in [3.05, 3.63) is 23.4 Å². The molecule has 0 N–H and O–H groups in total. The average Bonchev–Trinajstić information content (AvgIpc) is 3.18. The van der Waals surface area contributed by atoms with Gasteiger partial charge in [-0.1, -0.05) is 44.9 Å². The van der Waals surface area contributed by atoms with Crippen molar-refractivity contribution >= 4 is 0 Å². The van der Waals surface area contributed by atoms with Gasteiger partial charge >= 0.3 is 0 Å². The van der Waals surface area contributed by atoms with Gasteiger partial charge in [0.15, 0.2) is 11.6 Å². The van der Waals surface area contributed by atoms with Crippen molar-refractivity contribution in [2.24, 2.45) is 0 Å². The van der Waals surface area contributed by atoms with Crippen LogP contribution in [-0.4, -0.2) is 56.3 Å². The molecule has 1 fully saturated rings. The molecule has 8 heteroatoms. The third-order valence-electron chi connectivity index (χ3n) is 4.30. The first kappa shape index (κ1) is 18.0. The number of hydrogen-bond acceptors (Lipinski definition) is 8. The number of hydrogen-bond donors (Lipinski definition) is 0. The molecule has 138 valence electrons. The van der Waals surface area contributed by atoms with Gasteiger partial charge in [0.05, 0.1) is 13.1 Å². The van der Waals surface area contributed by atoms with E-state index in [9.17, 15) is 0 Å². The highest BCUT2D eigenvalue weighted by Crippen LogP contribution is 2.20. The lowest BCUT2D eigenvalue weighted by Crippen LogP contribution is -2.45. The minimum atomic E-state index is -0.108. The Morgan fingerprint density at radius 1 is 0.920 bits per heavy atom. The molecule has 3 rings (SSSR count). The lowest BCUT2D eigenvalue weighted by Gasteiger charge is -2.33. The molecule has 25 heavy (non-hydrogen) atoms. The minimum Gasteiger partial charge on any atom is -0.339 e. The Labute approximate surface area is 148 Å². The largest absolute Gasteiger partial charge is 0.339 e. The van der Waals surface area contributed by atoms with Gasteiger partial charge in [-0.2, -0.15) is 9.97 Å². The Kier molecular flexibility index (Phi) is 5.19. The highest BCUT2D eigenvalue weighted by Gasteiger charge is 2.24.